The molecule has 4 nitrogen and oxygen atoms in total. The molecule has 1 aliphatic heterocycles. The van der Waals surface area contributed by atoms with Crippen LogP contribution in [0.25, 0.3) is 11.1 Å². The molecule has 0 amide bonds. The Morgan fingerprint density at radius 1 is 0.929 bits per heavy atom. The third-order valence-corrected chi connectivity index (χ3v) is 8.83. The average molecular weight is 402 g/mol. The molecule has 0 bridgehead atoms. The van der Waals surface area contributed by atoms with Crippen molar-refractivity contribution >= 4 is 7.51 Å². The van der Waals surface area contributed by atoms with Crippen molar-refractivity contribution in [2.45, 2.75) is 52.9 Å². The summed E-state index contributed by atoms with van der Waals surface area (Å²) in [4.78, 5) is 0. The SMILES string of the molecule is CCOP1(C)(OC(C)C(C)(C)C)OC2c3ccccc3-c3ccccc3C2O1. The van der Waals surface area contributed by atoms with Gasteiger partial charge in [0, 0.05) is 0 Å². The van der Waals surface area contributed by atoms with E-state index in [4.69, 9.17) is 18.1 Å². The van der Waals surface area contributed by atoms with Crippen LogP contribution in [-0.2, 0) is 18.1 Å². The van der Waals surface area contributed by atoms with Crippen LogP contribution in [0.4, 0.5) is 0 Å². The van der Waals surface area contributed by atoms with E-state index in [0.717, 1.165) is 11.1 Å². The van der Waals surface area contributed by atoms with E-state index in [1.165, 1.54) is 11.1 Å². The first-order valence-electron chi connectivity index (χ1n) is 10.1. The van der Waals surface area contributed by atoms with Gasteiger partial charge in [-0.05, 0) is 0 Å². The minimum atomic E-state index is -3.77. The van der Waals surface area contributed by atoms with Gasteiger partial charge in [-0.3, -0.25) is 0 Å². The summed E-state index contributed by atoms with van der Waals surface area (Å²) >= 11 is 0. The van der Waals surface area contributed by atoms with Crippen molar-refractivity contribution in [3.8, 4) is 11.1 Å². The zero-order chi connectivity index (χ0) is 20.2. The van der Waals surface area contributed by atoms with Crippen LogP contribution in [0.5, 0.6) is 0 Å². The van der Waals surface area contributed by atoms with Crippen LogP contribution in [0.15, 0.2) is 48.5 Å². The first kappa shape index (κ1) is 20.0. The first-order chi connectivity index (χ1) is 13.1. The van der Waals surface area contributed by atoms with E-state index in [2.05, 4.69) is 76.2 Å². The van der Waals surface area contributed by atoms with Gasteiger partial charge in [0.2, 0.25) is 0 Å². The van der Waals surface area contributed by atoms with Crippen LogP contribution in [0, 0.1) is 5.41 Å². The first-order valence-corrected chi connectivity index (χ1v) is 12.4. The van der Waals surface area contributed by atoms with E-state index in [-0.39, 0.29) is 23.7 Å². The summed E-state index contributed by atoms with van der Waals surface area (Å²) in [5, 5.41) is 0. The maximum absolute atomic E-state index is 6.69. The molecule has 0 aromatic heterocycles. The molecule has 2 aliphatic rings. The Kier molecular flexibility index (Phi) is 4.73. The van der Waals surface area contributed by atoms with Gasteiger partial charge in [-0.25, -0.2) is 0 Å². The van der Waals surface area contributed by atoms with Crippen molar-refractivity contribution in [1.82, 2.24) is 0 Å². The topological polar surface area (TPSA) is 36.9 Å². The second-order valence-electron chi connectivity index (χ2n) is 8.94. The van der Waals surface area contributed by atoms with Gasteiger partial charge in [-0.1, -0.05) is 0 Å². The van der Waals surface area contributed by atoms with Gasteiger partial charge < -0.3 is 0 Å². The van der Waals surface area contributed by atoms with Crippen LogP contribution in [0.3, 0.4) is 0 Å². The fourth-order valence-corrected chi connectivity index (χ4v) is 7.38. The zero-order valence-electron chi connectivity index (χ0n) is 17.6. The molecule has 2 aromatic carbocycles. The Balaban J connectivity index is 1.82. The van der Waals surface area contributed by atoms with Gasteiger partial charge in [0.1, 0.15) is 0 Å². The van der Waals surface area contributed by atoms with E-state index >= 15 is 0 Å². The van der Waals surface area contributed by atoms with E-state index < -0.39 is 7.51 Å². The third kappa shape index (κ3) is 3.22. The molecule has 1 heterocycles. The number of rotatable bonds is 4. The van der Waals surface area contributed by atoms with Crippen molar-refractivity contribution in [2.75, 3.05) is 13.3 Å². The molecule has 28 heavy (non-hydrogen) atoms. The van der Waals surface area contributed by atoms with E-state index in [1.807, 2.05) is 13.6 Å². The van der Waals surface area contributed by atoms with Crippen LogP contribution in [0.1, 0.15) is 58.0 Å². The second kappa shape index (κ2) is 6.62. The predicted molar refractivity (Wildman–Crippen MR) is 114 cm³/mol. The number of benzene rings is 2. The zero-order valence-corrected chi connectivity index (χ0v) is 18.5. The molecule has 0 saturated carbocycles. The van der Waals surface area contributed by atoms with Crippen molar-refractivity contribution < 1.29 is 18.1 Å². The van der Waals surface area contributed by atoms with Crippen LogP contribution >= 0.6 is 7.51 Å². The Morgan fingerprint density at radius 3 is 1.82 bits per heavy atom. The van der Waals surface area contributed by atoms with Gasteiger partial charge in [-0.15, -0.1) is 0 Å². The van der Waals surface area contributed by atoms with Gasteiger partial charge in [0.25, 0.3) is 0 Å². The molecule has 5 heteroatoms. The second-order valence-corrected chi connectivity index (χ2v) is 12.2. The molecule has 1 aliphatic carbocycles. The Morgan fingerprint density at radius 2 is 1.39 bits per heavy atom. The standard InChI is InChI=1S/C23H31O4P/c1-7-24-28(6,25-16(2)23(3,4)5)26-21-19-14-10-8-12-17(19)18-13-9-11-15-20(18)22(21)27-28/h8-16,21-22H,7H2,1-6H3. The van der Waals surface area contributed by atoms with Crippen molar-refractivity contribution in [3.05, 3.63) is 59.7 Å². The van der Waals surface area contributed by atoms with E-state index in [0.29, 0.717) is 6.61 Å². The Labute approximate surface area is 168 Å². The van der Waals surface area contributed by atoms with Gasteiger partial charge in [-0.2, -0.15) is 0 Å². The summed E-state index contributed by atoms with van der Waals surface area (Å²) in [7, 11) is -3.77. The molecule has 1 fully saturated rings. The van der Waals surface area contributed by atoms with Crippen LogP contribution in [0.2, 0.25) is 0 Å². The number of hydrogen-bond donors (Lipinski definition) is 0. The molecule has 2 aromatic rings. The summed E-state index contributed by atoms with van der Waals surface area (Å²) in [6.45, 7) is 12.9. The fraction of sp³-hybridized carbons (Fsp3) is 0.478. The molecule has 3 atom stereocenters. The molecule has 4 rings (SSSR count). The number of hydrogen-bond acceptors (Lipinski definition) is 4. The van der Waals surface area contributed by atoms with Gasteiger partial charge in [0.05, 0.1) is 0 Å². The molecule has 0 spiro atoms. The Hall–Kier alpha value is -1.29. The van der Waals surface area contributed by atoms with Gasteiger partial charge >= 0.3 is 168 Å². The molecule has 1 saturated heterocycles. The van der Waals surface area contributed by atoms with E-state index in [9.17, 15) is 0 Å². The summed E-state index contributed by atoms with van der Waals surface area (Å²) in [6.07, 6.45) is -0.577. The minimum absolute atomic E-state index is 0.0612. The monoisotopic (exact) mass is 402 g/mol. The molecule has 3 unspecified atom stereocenters. The van der Waals surface area contributed by atoms with Crippen LogP contribution < -0.4 is 0 Å². The Bertz CT molecular complexity index is 835. The quantitative estimate of drug-likeness (QED) is 0.526. The van der Waals surface area contributed by atoms with Crippen molar-refractivity contribution in [2.24, 2.45) is 5.41 Å². The molecule has 0 radical (unpaired) electrons. The fourth-order valence-electron chi connectivity index (χ4n) is 4.00. The molecule has 152 valence electrons. The van der Waals surface area contributed by atoms with Crippen molar-refractivity contribution in [1.29, 1.82) is 0 Å². The summed E-state index contributed by atoms with van der Waals surface area (Å²) in [6, 6.07) is 16.8. The molecular formula is C23H31O4P. The maximum atomic E-state index is 6.69. The summed E-state index contributed by atoms with van der Waals surface area (Å²) < 4.78 is 26.2. The average Bonchev–Trinajstić information content (AvgIpc) is 2.96. The van der Waals surface area contributed by atoms with Crippen LogP contribution in [-0.4, -0.2) is 19.4 Å². The number of fused-ring (bicyclic) bond motifs is 6. The van der Waals surface area contributed by atoms with E-state index in [1.54, 1.807) is 0 Å². The van der Waals surface area contributed by atoms with Gasteiger partial charge in [0.15, 0.2) is 0 Å². The molecule has 0 N–H and O–H groups in total. The predicted octanol–water partition coefficient (Wildman–Crippen LogP) is 6.83. The summed E-state index contributed by atoms with van der Waals surface area (Å²) in [5.74, 6) is 0. The normalized spacial score (nSPS) is 27.0. The van der Waals surface area contributed by atoms with Crippen molar-refractivity contribution in [3.63, 3.8) is 0 Å². The molecular weight excluding hydrogens is 371 g/mol. The third-order valence-electron chi connectivity index (χ3n) is 5.82. The summed E-state index contributed by atoms with van der Waals surface area (Å²) in [5.41, 5.74) is 4.58.